The third-order valence-electron chi connectivity index (χ3n) is 4.18. The summed E-state index contributed by atoms with van der Waals surface area (Å²) >= 11 is 5.82. The van der Waals surface area contributed by atoms with Crippen molar-refractivity contribution in [2.24, 2.45) is 4.99 Å². The van der Waals surface area contributed by atoms with Gasteiger partial charge >= 0.3 is 0 Å². The average Bonchev–Trinajstić information content (AvgIpc) is 3.03. The summed E-state index contributed by atoms with van der Waals surface area (Å²) in [5.74, 6) is 1.95. The number of hydrogen-bond acceptors (Lipinski definition) is 4. The highest BCUT2D eigenvalue weighted by atomic mass is 127. The van der Waals surface area contributed by atoms with Crippen molar-refractivity contribution in [3.05, 3.63) is 46.3 Å². The molecule has 1 aliphatic rings. The van der Waals surface area contributed by atoms with Gasteiger partial charge in [-0.2, -0.15) is 5.10 Å². The number of nitrogens with zero attached hydrogens (tertiary/aromatic N) is 4. The van der Waals surface area contributed by atoms with Crippen LogP contribution in [0.4, 0.5) is 4.39 Å². The first-order valence-corrected chi connectivity index (χ1v) is 8.79. The zero-order valence-electron chi connectivity index (χ0n) is 15.2. The van der Waals surface area contributed by atoms with Gasteiger partial charge in [0.25, 0.3) is 0 Å². The number of aliphatic imine (C=N–C) groups is 1. The summed E-state index contributed by atoms with van der Waals surface area (Å²) in [6.07, 6.45) is 1.78. The molecule has 27 heavy (non-hydrogen) atoms. The van der Waals surface area contributed by atoms with Crippen molar-refractivity contribution in [1.82, 2.24) is 25.4 Å². The van der Waals surface area contributed by atoms with Crippen LogP contribution in [0.1, 0.15) is 23.6 Å². The van der Waals surface area contributed by atoms with Crippen LogP contribution in [0.3, 0.4) is 0 Å². The highest BCUT2D eigenvalue weighted by molar-refractivity contribution is 14.0. The molecular weight excluding hydrogens is 486 g/mol. The van der Waals surface area contributed by atoms with E-state index in [1.54, 1.807) is 26.3 Å². The number of guanidine groups is 1. The molecule has 0 aliphatic carbocycles. The van der Waals surface area contributed by atoms with Crippen molar-refractivity contribution in [1.29, 1.82) is 0 Å². The number of fused-ring (bicyclic) bond motifs is 1. The van der Waals surface area contributed by atoms with E-state index >= 15 is 0 Å². The molecule has 0 radical (unpaired) electrons. The molecule has 0 spiro atoms. The summed E-state index contributed by atoms with van der Waals surface area (Å²) in [5, 5.41) is 11.2. The van der Waals surface area contributed by atoms with Crippen LogP contribution >= 0.6 is 35.6 Å². The molecule has 2 aromatic rings. The van der Waals surface area contributed by atoms with Gasteiger partial charge in [-0.25, -0.2) is 14.1 Å². The van der Waals surface area contributed by atoms with E-state index in [9.17, 15) is 4.39 Å². The molecule has 0 fully saturated rings. The zero-order chi connectivity index (χ0) is 18.5. The van der Waals surface area contributed by atoms with Gasteiger partial charge in [0.1, 0.15) is 18.2 Å². The first-order chi connectivity index (χ1) is 12.6. The van der Waals surface area contributed by atoms with Crippen LogP contribution in [0.2, 0.25) is 5.02 Å². The predicted molar refractivity (Wildman–Crippen MR) is 113 cm³/mol. The van der Waals surface area contributed by atoms with Crippen molar-refractivity contribution in [2.75, 3.05) is 14.2 Å². The molecule has 0 saturated carbocycles. The molecule has 148 valence electrons. The Morgan fingerprint density at radius 1 is 1.48 bits per heavy atom. The van der Waals surface area contributed by atoms with Gasteiger partial charge in [0.15, 0.2) is 11.8 Å². The maximum atomic E-state index is 13.2. The summed E-state index contributed by atoms with van der Waals surface area (Å²) in [6.45, 7) is 1.63. The van der Waals surface area contributed by atoms with Crippen LogP contribution < -0.4 is 10.6 Å². The van der Waals surface area contributed by atoms with Gasteiger partial charge in [0.05, 0.1) is 11.6 Å². The Balaban J connectivity index is 0.00000261. The molecule has 1 unspecified atom stereocenters. The minimum absolute atomic E-state index is 0. The molecule has 1 aromatic carbocycles. The van der Waals surface area contributed by atoms with Gasteiger partial charge in [0, 0.05) is 33.2 Å². The lowest BCUT2D eigenvalue weighted by atomic mass is 10.1. The summed E-state index contributed by atoms with van der Waals surface area (Å²) < 4.78 is 20.2. The SMILES string of the molecule is CN=C(NCc1ccc(F)c(Cl)c1)NC1CCc2nc(COC)nn2C1.I. The van der Waals surface area contributed by atoms with Crippen LogP contribution in [0.5, 0.6) is 0 Å². The smallest absolute Gasteiger partial charge is 0.191 e. The van der Waals surface area contributed by atoms with Crippen molar-refractivity contribution in [3.63, 3.8) is 0 Å². The number of aromatic nitrogens is 3. The molecule has 3 rings (SSSR count). The molecule has 7 nitrogen and oxygen atoms in total. The van der Waals surface area contributed by atoms with Gasteiger partial charge in [0.2, 0.25) is 0 Å². The highest BCUT2D eigenvalue weighted by Crippen LogP contribution is 2.16. The van der Waals surface area contributed by atoms with E-state index in [1.165, 1.54) is 6.07 Å². The highest BCUT2D eigenvalue weighted by Gasteiger charge is 2.22. The predicted octanol–water partition coefficient (Wildman–Crippen LogP) is 2.52. The summed E-state index contributed by atoms with van der Waals surface area (Å²) in [4.78, 5) is 8.73. The van der Waals surface area contributed by atoms with E-state index < -0.39 is 5.82 Å². The fraction of sp³-hybridized carbons (Fsp3) is 0.471. The minimum Gasteiger partial charge on any atom is -0.377 e. The number of ether oxygens (including phenoxy) is 1. The molecule has 1 aromatic heterocycles. The Kier molecular flexibility index (Phi) is 8.24. The lowest BCUT2D eigenvalue weighted by Gasteiger charge is -2.25. The van der Waals surface area contributed by atoms with E-state index in [0.717, 1.165) is 30.8 Å². The number of benzene rings is 1. The summed E-state index contributed by atoms with van der Waals surface area (Å²) in [6, 6.07) is 4.86. The Labute approximate surface area is 179 Å². The van der Waals surface area contributed by atoms with Gasteiger partial charge in [-0.1, -0.05) is 17.7 Å². The number of aryl methyl sites for hydroxylation is 1. The quantitative estimate of drug-likeness (QED) is 0.369. The first kappa shape index (κ1) is 21.8. The lowest BCUT2D eigenvalue weighted by Crippen LogP contribution is -2.46. The van der Waals surface area contributed by atoms with Crippen LogP contribution in [0.25, 0.3) is 0 Å². The number of methoxy groups -OCH3 is 1. The van der Waals surface area contributed by atoms with Gasteiger partial charge in [-0.3, -0.25) is 4.99 Å². The molecule has 1 aliphatic heterocycles. The second-order valence-electron chi connectivity index (χ2n) is 6.11. The van der Waals surface area contributed by atoms with Gasteiger partial charge in [-0.15, -0.1) is 24.0 Å². The topological polar surface area (TPSA) is 76.4 Å². The van der Waals surface area contributed by atoms with Crippen LogP contribution in [0, 0.1) is 5.82 Å². The number of hydrogen-bond donors (Lipinski definition) is 2. The maximum absolute atomic E-state index is 13.2. The van der Waals surface area contributed by atoms with Crippen LogP contribution in [-0.4, -0.2) is 40.9 Å². The Morgan fingerprint density at radius 3 is 3.00 bits per heavy atom. The van der Waals surface area contributed by atoms with Gasteiger partial charge in [-0.05, 0) is 24.1 Å². The Hall–Kier alpha value is -1.46. The molecular formula is C17H23ClFIN6O. The van der Waals surface area contributed by atoms with Crippen molar-refractivity contribution in [2.45, 2.75) is 38.6 Å². The number of nitrogens with one attached hydrogen (secondary N) is 2. The average molecular weight is 509 g/mol. The number of rotatable bonds is 5. The minimum atomic E-state index is -0.420. The van der Waals surface area contributed by atoms with Crippen molar-refractivity contribution < 1.29 is 9.13 Å². The van der Waals surface area contributed by atoms with E-state index in [-0.39, 0.29) is 35.0 Å². The fourth-order valence-corrected chi connectivity index (χ4v) is 3.10. The van der Waals surface area contributed by atoms with Crippen LogP contribution in [0.15, 0.2) is 23.2 Å². The van der Waals surface area contributed by atoms with E-state index in [1.807, 2.05) is 4.68 Å². The Morgan fingerprint density at radius 2 is 2.30 bits per heavy atom. The van der Waals surface area contributed by atoms with Crippen LogP contribution in [-0.2, 0) is 30.9 Å². The largest absolute Gasteiger partial charge is 0.377 e. The summed E-state index contributed by atoms with van der Waals surface area (Å²) in [5.41, 5.74) is 0.880. The third kappa shape index (κ3) is 5.76. The number of halogens is 3. The second kappa shape index (κ2) is 10.2. The molecule has 2 heterocycles. The van der Waals surface area contributed by atoms with E-state index in [4.69, 9.17) is 16.3 Å². The Bertz CT molecular complexity index is 800. The molecule has 0 bridgehead atoms. The molecule has 1 atom stereocenters. The maximum Gasteiger partial charge on any atom is 0.191 e. The standard InChI is InChI=1S/C17H22ClFN6O.HI/c1-20-17(21-8-11-3-5-14(19)13(18)7-11)22-12-4-6-16-23-15(10-26-2)24-25(16)9-12;/h3,5,7,12H,4,6,8-10H2,1-2H3,(H2,20,21,22);1H. The van der Waals surface area contributed by atoms with E-state index in [0.29, 0.717) is 24.9 Å². The molecule has 0 saturated heterocycles. The molecule has 0 amide bonds. The zero-order valence-corrected chi connectivity index (χ0v) is 18.3. The third-order valence-corrected chi connectivity index (χ3v) is 4.47. The molecule has 10 heteroatoms. The molecule has 2 N–H and O–H groups in total. The van der Waals surface area contributed by atoms with Crippen molar-refractivity contribution in [3.8, 4) is 0 Å². The second-order valence-corrected chi connectivity index (χ2v) is 6.52. The monoisotopic (exact) mass is 508 g/mol. The van der Waals surface area contributed by atoms with Crippen molar-refractivity contribution >= 4 is 41.5 Å². The van der Waals surface area contributed by atoms with E-state index in [2.05, 4.69) is 25.7 Å². The van der Waals surface area contributed by atoms with Gasteiger partial charge < -0.3 is 15.4 Å². The first-order valence-electron chi connectivity index (χ1n) is 8.41. The lowest BCUT2D eigenvalue weighted by molar-refractivity contribution is 0.177. The fourth-order valence-electron chi connectivity index (χ4n) is 2.89. The normalized spacial score (nSPS) is 16.4. The summed E-state index contributed by atoms with van der Waals surface area (Å²) in [7, 11) is 3.35.